The molecule has 0 aliphatic carbocycles. The SMILES string of the molecule is CC[C@H](NCC(=O)NCc1ccco1)c1ccc(Br)cc1. The summed E-state index contributed by atoms with van der Waals surface area (Å²) in [6, 6.07) is 12.0. The minimum absolute atomic E-state index is 0.0399. The molecule has 0 saturated heterocycles. The first-order chi connectivity index (χ1) is 10.2. The highest BCUT2D eigenvalue weighted by Gasteiger charge is 2.10. The van der Waals surface area contributed by atoms with Gasteiger partial charge in [-0.05, 0) is 36.2 Å². The number of halogens is 1. The van der Waals surface area contributed by atoms with Gasteiger partial charge >= 0.3 is 0 Å². The minimum atomic E-state index is -0.0399. The van der Waals surface area contributed by atoms with Gasteiger partial charge in [-0.1, -0.05) is 35.0 Å². The first-order valence-corrected chi connectivity index (χ1v) is 7.76. The molecule has 1 heterocycles. The molecule has 0 bridgehead atoms. The maximum absolute atomic E-state index is 11.8. The van der Waals surface area contributed by atoms with Crippen LogP contribution in [0.5, 0.6) is 0 Å². The van der Waals surface area contributed by atoms with Crippen molar-refractivity contribution in [3.05, 3.63) is 58.5 Å². The van der Waals surface area contributed by atoms with Gasteiger partial charge < -0.3 is 15.1 Å². The Labute approximate surface area is 133 Å². The topological polar surface area (TPSA) is 54.3 Å². The van der Waals surface area contributed by atoms with Gasteiger partial charge in [0.25, 0.3) is 0 Å². The van der Waals surface area contributed by atoms with Crippen molar-refractivity contribution in [1.82, 2.24) is 10.6 Å². The lowest BCUT2D eigenvalue weighted by molar-refractivity contribution is -0.120. The normalized spacial score (nSPS) is 12.1. The van der Waals surface area contributed by atoms with E-state index < -0.39 is 0 Å². The van der Waals surface area contributed by atoms with Crippen molar-refractivity contribution in [3.8, 4) is 0 Å². The summed E-state index contributed by atoms with van der Waals surface area (Å²) in [7, 11) is 0. The molecular weight excluding hydrogens is 332 g/mol. The van der Waals surface area contributed by atoms with Crippen LogP contribution in [0.25, 0.3) is 0 Å². The lowest BCUT2D eigenvalue weighted by Gasteiger charge is -2.17. The van der Waals surface area contributed by atoms with Gasteiger partial charge in [-0.25, -0.2) is 0 Å². The maximum atomic E-state index is 11.8. The second kappa shape index (κ2) is 8.00. The van der Waals surface area contributed by atoms with Gasteiger partial charge in [-0.3, -0.25) is 4.79 Å². The van der Waals surface area contributed by atoms with Gasteiger partial charge in [-0.2, -0.15) is 0 Å². The average Bonchev–Trinajstić information content (AvgIpc) is 3.01. The number of carbonyl (C=O) groups excluding carboxylic acids is 1. The number of nitrogens with one attached hydrogen (secondary N) is 2. The van der Waals surface area contributed by atoms with Crippen LogP contribution in [0.4, 0.5) is 0 Å². The van der Waals surface area contributed by atoms with Gasteiger partial charge in [0.05, 0.1) is 19.4 Å². The zero-order chi connectivity index (χ0) is 15.1. The zero-order valence-corrected chi connectivity index (χ0v) is 13.5. The van der Waals surface area contributed by atoms with Gasteiger partial charge in [0.2, 0.25) is 5.91 Å². The van der Waals surface area contributed by atoms with Crippen LogP contribution in [0, 0.1) is 0 Å². The Hall–Kier alpha value is -1.59. The van der Waals surface area contributed by atoms with Crippen molar-refractivity contribution < 1.29 is 9.21 Å². The number of benzene rings is 1. The summed E-state index contributed by atoms with van der Waals surface area (Å²) in [5.74, 6) is 0.713. The zero-order valence-electron chi connectivity index (χ0n) is 11.9. The highest BCUT2D eigenvalue weighted by Crippen LogP contribution is 2.19. The van der Waals surface area contributed by atoms with E-state index in [1.54, 1.807) is 12.3 Å². The monoisotopic (exact) mass is 350 g/mol. The number of furan rings is 1. The molecule has 1 atom stereocenters. The van der Waals surface area contributed by atoms with Crippen molar-refractivity contribution in [1.29, 1.82) is 0 Å². The van der Waals surface area contributed by atoms with Crippen LogP contribution in [-0.2, 0) is 11.3 Å². The van der Waals surface area contributed by atoms with Crippen LogP contribution < -0.4 is 10.6 Å². The fourth-order valence-corrected chi connectivity index (χ4v) is 2.33. The van der Waals surface area contributed by atoms with Crippen molar-refractivity contribution in [2.24, 2.45) is 0 Å². The molecule has 4 nitrogen and oxygen atoms in total. The van der Waals surface area contributed by atoms with E-state index in [0.717, 1.165) is 16.7 Å². The molecule has 2 rings (SSSR count). The Kier molecular flexibility index (Phi) is 6.02. The third kappa shape index (κ3) is 5.02. The second-order valence-corrected chi connectivity index (χ2v) is 5.67. The summed E-state index contributed by atoms with van der Waals surface area (Å²) in [5.41, 5.74) is 1.18. The Morgan fingerprint density at radius 1 is 1.29 bits per heavy atom. The van der Waals surface area contributed by atoms with Crippen LogP contribution in [0.1, 0.15) is 30.7 Å². The highest BCUT2D eigenvalue weighted by molar-refractivity contribution is 9.10. The molecular formula is C16H19BrN2O2. The average molecular weight is 351 g/mol. The van der Waals surface area contributed by atoms with Crippen molar-refractivity contribution in [2.45, 2.75) is 25.9 Å². The molecule has 0 radical (unpaired) electrons. The summed E-state index contributed by atoms with van der Waals surface area (Å²) in [5, 5.41) is 6.10. The smallest absolute Gasteiger partial charge is 0.234 e. The fraction of sp³-hybridized carbons (Fsp3) is 0.312. The summed E-state index contributed by atoms with van der Waals surface area (Å²) >= 11 is 3.42. The quantitative estimate of drug-likeness (QED) is 0.804. The standard InChI is InChI=1S/C16H19BrN2O2/c1-2-15(12-5-7-13(17)8-6-12)18-11-16(20)19-10-14-4-3-9-21-14/h3-9,15,18H,2,10-11H2,1H3,(H,19,20)/t15-/m0/s1. The Bertz CT molecular complexity index is 552. The predicted octanol–water partition coefficient (Wildman–Crippen LogP) is 3.40. The van der Waals surface area contributed by atoms with Crippen LogP contribution in [0.2, 0.25) is 0 Å². The maximum Gasteiger partial charge on any atom is 0.234 e. The summed E-state index contributed by atoms with van der Waals surface area (Å²) in [4.78, 5) is 11.8. The number of amides is 1. The molecule has 0 aliphatic heterocycles. The van der Waals surface area contributed by atoms with E-state index in [1.165, 1.54) is 5.56 Å². The minimum Gasteiger partial charge on any atom is -0.467 e. The molecule has 21 heavy (non-hydrogen) atoms. The van der Waals surface area contributed by atoms with Crippen molar-refractivity contribution in [3.63, 3.8) is 0 Å². The molecule has 2 N–H and O–H groups in total. The molecule has 0 spiro atoms. The fourth-order valence-electron chi connectivity index (χ4n) is 2.07. The van der Waals surface area contributed by atoms with Crippen LogP contribution in [-0.4, -0.2) is 12.5 Å². The number of hydrogen-bond donors (Lipinski definition) is 2. The molecule has 1 amide bonds. The molecule has 2 aromatic rings. The summed E-state index contributed by atoms with van der Waals surface area (Å²) in [6.07, 6.45) is 2.52. The number of hydrogen-bond acceptors (Lipinski definition) is 3. The molecule has 1 aromatic heterocycles. The van der Waals surface area contributed by atoms with Crippen molar-refractivity contribution in [2.75, 3.05) is 6.54 Å². The van der Waals surface area contributed by atoms with E-state index in [-0.39, 0.29) is 18.5 Å². The number of rotatable bonds is 7. The van der Waals surface area contributed by atoms with E-state index in [2.05, 4.69) is 45.6 Å². The molecule has 1 aromatic carbocycles. The van der Waals surface area contributed by atoms with Crippen LogP contribution in [0.3, 0.4) is 0 Å². The molecule has 0 saturated carbocycles. The van der Waals surface area contributed by atoms with Crippen LogP contribution in [0.15, 0.2) is 51.6 Å². The first kappa shape index (κ1) is 15.8. The van der Waals surface area contributed by atoms with Gasteiger partial charge in [0, 0.05) is 10.5 Å². The molecule has 0 fully saturated rings. The summed E-state index contributed by atoms with van der Waals surface area (Å²) < 4.78 is 6.22. The van der Waals surface area contributed by atoms with Gasteiger partial charge in [-0.15, -0.1) is 0 Å². The first-order valence-electron chi connectivity index (χ1n) is 6.97. The number of carbonyl (C=O) groups is 1. The predicted molar refractivity (Wildman–Crippen MR) is 85.7 cm³/mol. The third-order valence-corrected chi connectivity index (χ3v) is 3.76. The van der Waals surface area contributed by atoms with E-state index in [4.69, 9.17) is 4.42 Å². The largest absolute Gasteiger partial charge is 0.467 e. The molecule has 0 unspecified atom stereocenters. The van der Waals surface area contributed by atoms with E-state index >= 15 is 0 Å². The Balaban J connectivity index is 1.79. The third-order valence-electron chi connectivity index (χ3n) is 3.23. The highest BCUT2D eigenvalue weighted by atomic mass is 79.9. The Morgan fingerprint density at radius 3 is 2.67 bits per heavy atom. The molecule has 0 aliphatic rings. The van der Waals surface area contributed by atoms with Gasteiger partial charge in [0.15, 0.2) is 0 Å². The lowest BCUT2D eigenvalue weighted by Crippen LogP contribution is -2.35. The van der Waals surface area contributed by atoms with E-state index in [9.17, 15) is 4.79 Å². The lowest BCUT2D eigenvalue weighted by atomic mass is 10.0. The molecule has 5 heteroatoms. The Morgan fingerprint density at radius 2 is 2.05 bits per heavy atom. The van der Waals surface area contributed by atoms with Gasteiger partial charge in [0.1, 0.15) is 5.76 Å². The van der Waals surface area contributed by atoms with E-state index in [0.29, 0.717) is 6.54 Å². The van der Waals surface area contributed by atoms with E-state index in [1.807, 2.05) is 18.2 Å². The summed E-state index contributed by atoms with van der Waals surface area (Å²) in [6.45, 7) is 2.80. The van der Waals surface area contributed by atoms with Crippen LogP contribution >= 0.6 is 15.9 Å². The van der Waals surface area contributed by atoms with Crippen molar-refractivity contribution >= 4 is 21.8 Å². The molecule has 112 valence electrons. The second-order valence-electron chi connectivity index (χ2n) is 4.75.